The summed E-state index contributed by atoms with van der Waals surface area (Å²) in [6.07, 6.45) is -3.77. The van der Waals surface area contributed by atoms with Crippen molar-refractivity contribution < 1.29 is 27.6 Å². The summed E-state index contributed by atoms with van der Waals surface area (Å²) in [5, 5.41) is 1.00. The number of amides is 4. The average molecular weight is 425 g/mol. The summed E-state index contributed by atoms with van der Waals surface area (Å²) in [6, 6.07) is 8.31. The normalized spacial score (nSPS) is 18.9. The highest BCUT2D eigenvalue weighted by atomic mass is 32.1. The molecule has 3 heterocycles. The van der Waals surface area contributed by atoms with E-state index in [4.69, 9.17) is 0 Å². The van der Waals surface area contributed by atoms with Gasteiger partial charge in [-0.2, -0.15) is 13.2 Å². The second-order valence-corrected chi connectivity index (χ2v) is 8.26. The molecule has 1 aromatic heterocycles. The topological polar surface area (TPSA) is 60.9 Å². The Kier molecular flexibility index (Phi) is 4.97. The van der Waals surface area contributed by atoms with Crippen LogP contribution in [0.3, 0.4) is 0 Å². The zero-order valence-electron chi connectivity index (χ0n) is 15.3. The van der Waals surface area contributed by atoms with Crippen LogP contribution in [0.15, 0.2) is 30.3 Å². The van der Waals surface area contributed by atoms with Crippen LogP contribution in [0.5, 0.6) is 0 Å². The summed E-state index contributed by atoms with van der Waals surface area (Å²) in [5.74, 6) is -0.928. The van der Waals surface area contributed by atoms with E-state index in [-0.39, 0.29) is 23.4 Å². The minimum Gasteiger partial charge on any atom is -0.338 e. The summed E-state index contributed by atoms with van der Waals surface area (Å²) in [7, 11) is 0. The van der Waals surface area contributed by atoms with Crippen LogP contribution in [-0.2, 0) is 4.79 Å². The molecule has 2 fully saturated rings. The van der Waals surface area contributed by atoms with E-state index >= 15 is 0 Å². The molecule has 0 unspecified atom stereocenters. The molecule has 154 valence electrons. The molecule has 1 aromatic carbocycles. The number of alkyl halides is 3. The lowest BCUT2D eigenvalue weighted by Gasteiger charge is -2.36. The zero-order valence-corrected chi connectivity index (χ0v) is 16.1. The largest absolute Gasteiger partial charge is 0.406 e. The first-order valence-corrected chi connectivity index (χ1v) is 10.00. The number of benzene rings is 1. The van der Waals surface area contributed by atoms with Crippen LogP contribution in [-0.4, -0.2) is 70.9 Å². The number of fused-ring (bicyclic) bond motifs is 1. The molecule has 0 N–H and O–H groups in total. The van der Waals surface area contributed by atoms with Gasteiger partial charge in [0.05, 0.1) is 4.88 Å². The molecule has 0 saturated carbocycles. The first kappa shape index (κ1) is 19.7. The van der Waals surface area contributed by atoms with Gasteiger partial charge in [0.15, 0.2) is 0 Å². The minimum absolute atomic E-state index is 0.0906. The van der Waals surface area contributed by atoms with Gasteiger partial charge in [-0.15, -0.1) is 11.3 Å². The van der Waals surface area contributed by atoms with E-state index < -0.39 is 24.7 Å². The highest BCUT2D eigenvalue weighted by Crippen LogP contribution is 2.29. The van der Waals surface area contributed by atoms with Crippen molar-refractivity contribution in [3.63, 3.8) is 0 Å². The Morgan fingerprint density at radius 2 is 1.83 bits per heavy atom. The van der Waals surface area contributed by atoms with E-state index in [9.17, 15) is 27.6 Å². The highest BCUT2D eigenvalue weighted by molar-refractivity contribution is 7.20. The number of urea groups is 1. The predicted molar refractivity (Wildman–Crippen MR) is 101 cm³/mol. The number of hydrogen-bond acceptors (Lipinski definition) is 4. The zero-order chi connectivity index (χ0) is 20.8. The fraction of sp³-hybridized carbons (Fsp3) is 0.421. The van der Waals surface area contributed by atoms with Crippen LogP contribution in [0.2, 0.25) is 0 Å². The third kappa shape index (κ3) is 3.93. The van der Waals surface area contributed by atoms with E-state index in [1.807, 2.05) is 30.3 Å². The Balaban J connectivity index is 1.38. The number of thiophene rings is 1. The average Bonchev–Trinajstić information content (AvgIpc) is 3.23. The minimum atomic E-state index is -4.62. The number of rotatable bonds is 3. The summed E-state index contributed by atoms with van der Waals surface area (Å²) >= 11 is 1.42. The van der Waals surface area contributed by atoms with Crippen molar-refractivity contribution in [3.8, 4) is 0 Å². The molecule has 29 heavy (non-hydrogen) atoms. The van der Waals surface area contributed by atoms with Gasteiger partial charge in [0, 0.05) is 23.8 Å². The number of piperidine rings is 1. The SMILES string of the molecule is O=C(c1cc2ccccc2s1)N1CCC(N2CC(=O)N(CC(F)(F)F)C2=O)CC1. The number of carbonyl (C=O) groups excluding carboxylic acids is 3. The van der Waals surface area contributed by atoms with Gasteiger partial charge in [-0.25, -0.2) is 4.79 Å². The van der Waals surface area contributed by atoms with Crippen molar-refractivity contribution >= 4 is 39.3 Å². The molecule has 2 aliphatic heterocycles. The number of carbonyl (C=O) groups is 3. The summed E-state index contributed by atoms with van der Waals surface area (Å²) in [5.41, 5.74) is 0. The first-order valence-electron chi connectivity index (χ1n) is 9.18. The number of halogens is 3. The van der Waals surface area contributed by atoms with Crippen molar-refractivity contribution in [3.05, 3.63) is 35.2 Å². The Morgan fingerprint density at radius 3 is 2.48 bits per heavy atom. The molecule has 2 saturated heterocycles. The molecule has 6 nitrogen and oxygen atoms in total. The molecule has 4 rings (SSSR count). The van der Waals surface area contributed by atoms with Gasteiger partial charge in [-0.1, -0.05) is 18.2 Å². The number of likely N-dealkylation sites (tertiary alicyclic amines) is 1. The molecular formula is C19H18F3N3O3S. The van der Waals surface area contributed by atoms with E-state index in [1.54, 1.807) is 4.90 Å². The van der Waals surface area contributed by atoms with E-state index in [2.05, 4.69) is 0 Å². The maximum atomic E-state index is 12.8. The van der Waals surface area contributed by atoms with Gasteiger partial charge in [-0.3, -0.25) is 14.5 Å². The predicted octanol–water partition coefficient (Wildman–Crippen LogP) is 3.33. The molecular weight excluding hydrogens is 407 g/mol. The lowest BCUT2D eigenvalue weighted by molar-refractivity contribution is -0.151. The van der Waals surface area contributed by atoms with Crippen LogP contribution < -0.4 is 0 Å². The summed E-state index contributed by atoms with van der Waals surface area (Å²) in [4.78, 5) is 40.7. The first-order chi connectivity index (χ1) is 13.7. The van der Waals surface area contributed by atoms with Gasteiger partial charge in [0.25, 0.3) is 11.8 Å². The van der Waals surface area contributed by atoms with Gasteiger partial charge in [0.1, 0.15) is 13.1 Å². The quantitative estimate of drug-likeness (QED) is 0.709. The van der Waals surface area contributed by atoms with E-state index in [0.717, 1.165) is 10.1 Å². The van der Waals surface area contributed by atoms with Gasteiger partial charge >= 0.3 is 12.2 Å². The third-order valence-electron chi connectivity index (χ3n) is 5.25. The van der Waals surface area contributed by atoms with Gasteiger partial charge in [0.2, 0.25) is 0 Å². The molecule has 0 bridgehead atoms. The number of nitrogens with zero attached hydrogens (tertiary/aromatic N) is 3. The van der Waals surface area contributed by atoms with Crippen molar-refractivity contribution in [1.29, 1.82) is 0 Å². The standard InChI is InChI=1S/C19H18F3N3O3S/c20-19(21,22)11-25-16(26)10-24(18(25)28)13-5-7-23(8-6-13)17(27)15-9-12-3-1-2-4-14(12)29-15/h1-4,9,13H,5-8,10-11H2. The maximum absolute atomic E-state index is 12.8. The van der Waals surface area contributed by atoms with E-state index in [1.165, 1.54) is 16.2 Å². The van der Waals surface area contributed by atoms with Gasteiger partial charge < -0.3 is 9.80 Å². The summed E-state index contributed by atoms with van der Waals surface area (Å²) in [6.45, 7) is -1.14. The Hall–Kier alpha value is -2.62. The second kappa shape index (κ2) is 7.33. The fourth-order valence-electron chi connectivity index (χ4n) is 3.80. The molecule has 0 spiro atoms. The molecule has 0 aliphatic carbocycles. The van der Waals surface area contributed by atoms with Crippen LogP contribution >= 0.6 is 11.3 Å². The molecule has 4 amide bonds. The lowest BCUT2D eigenvalue weighted by Crippen LogP contribution is -2.48. The molecule has 2 aliphatic rings. The molecule has 0 atom stereocenters. The lowest BCUT2D eigenvalue weighted by atomic mass is 10.0. The monoisotopic (exact) mass is 425 g/mol. The van der Waals surface area contributed by atoms with E-state index in [0.29, 0.717) is 30.8 Å². The Labute approximate surface area is 168 Å². The van der Waals surface area contributed by atoms with Crippen molar-refractivity contribution in [2.24, 2.45) is 0 Å². The number of hydrogen-bond donors (Lipinski definition) is 0. The van der Waals surface area contributed by atoms with Crippen molar-refractivity contribution in [2.45, 2.75) is 25.1 Å². The highest BCUT2D eigenvalue weighted by Gasteiger charge is 2.45. The molecule has 2 aromatic rings. The fourth-order valence-corrected chi connectivity index (χ4v) is 4.84. The van der Waals surface area contributed by atoms with Crippen LogP contribution in [0.1, 0.15) is 22.5 Å². The Morgan fingerprint density at radius 1 is 1.14 bits per heavy atom. The Bertz CT molecular complexity index is 933. The molecule has 0 radical (unpaired) electrons. The van der Waals surface area contributed by atoms with Crippen LogP contribution in [0.25, 0.3) is 10.1 Å². The van der Waals surface area contributed by atoms with Gasteiger partial charge in [-0.05, 0) is 30.4 Å². The molecule has 10 heteroatoms. The van der Waals surface area contributed by atoms with Crippen molar-refractivity contribution in [2.75, 3.05) is 26.2 Å². The number of imide groups is 1. The maximum Gasteiger partial charge on any atom is 0.406 e. The summed E-state index contributed by atoms with van der Waals surface area (Å²) < 4.78 is 38.8. The second-order valence-electron chi connectivity index (χ2n) is 7.18. The van der Waals surface area contributed by atoms with Crippen LogP contribution in [0.4, 0.5) is 18.0 Å². The van der Waals surface area contributed by atoms with Crippen LogP contribution in [0, 0.1) is 0 Å². The third-order valence-corrected chi connectivity index (χ3v) is 6.35. The van der Waals surface area contributed by atoms with Crippen molar-refractivity contribution in [1.82, 2.24) is 14.7 Å². The smallest absolute Gasteiger partial charge is 0.338 e.